The first-order chi connectivity index (χ1) is 5.88. The molecule has 0 amide bonds. The monoisotopic (exact) mass is 159 g/mol. The van der Waals surface area contributed by atoms with Gasteiger partial charge in [0.25, 0.3) is 0 Å². The summed E-state index contributed by atoms with van der Waals surface area (Å²) < 4.78 is 0. The lowest BCUT2D eigenvalue weighted by molar-refractivity contribution is 1.55. The number of nitrogens with zero attached hydrogens (tertiary/aromatic N) is 1. The van der Waals surface area contributed by atoms with Crippen LogP contribution in [0.4, 0.5) is 11.4 Å². The Hall–Kier alpha value is -1.77. The van der Waals surface area contributed by atoms with Gasteiger partial charge in [-0.3, -0.25) is 4.99 Å². The van der Waals surface area contributed by atoms with Crippen LogP contribution >= 0.6 is 0 Å². The third-order valence-corrected chi connectivity index (χ3v) is 1.73. The molecule has 0 spiro atoms. The van der Waals surface area contributed by atoms with Crippen molar-refractivity contribution in [3.8, 4) is 0 Å². The summed E-state index contributed by atoms with van der Waals surface area (Å²) in [4.78, 5) is 4.03. The predicted octanol–water partition coefficient (Wildman–Crippen LogP) is 1.58. The van der Waals surface area contributed by atoms with Gasteiger partial charge in [0.15, 0.2) is 0 Å². The lowest BCUT2D eigenvalue weighted by atomic mass is 10.1. The van der Waals surface area contributed by atoms with Crippen LogP contribution in [0.15, 0.2) is 35.6 Å². The fraction of sp³-hybridized carbons (Fsp3) is 0. The van der Waals surface area contributed by atoms with Gasteiger partial charge in [0.1, 0.15) is 0 Å². The standard InChI is InChI=1S/C9H9N3/c10-8-3-1-2-7-6-11-4-5-12-9(7)8/h1-6,12H,10H2. The van der Waals surface area contributed by atoms with Crippen molar-refractivity contribution in [1.82, 2.24) is 0 Å². The fourth-order valence-electron chi connectivity index (χ4n) is 1.15. The highest BCUT2D eigenvalue weighted by Crippen LogP contribution is 2.22. The fourth-order valence-corrected chi connectivity index (χ4v) is 1.15. The van der Waals surface area contributed by atoms with Gasteiger partial charge in [-0.05, 0) is 6.07 Å². The number of hydrogen-bond acceptors (Lipinski definition) is 3. The molecule has 0 unspecified atom stereocenters. The first-order valence-electron chi connectivity index (χ1n) is 3.71. The maximum atomic E-state index is 5.75. The summed E-state index contributed by atoms with van der Waals surface area (Å²) in [5.41, 5.74) is 8.43. The third kappa shape index (κ3) is 1.05. The number of nitrogens with two attached hydrogens (primary N) is 1. The van der Waals surface area contributed by atoms with E-state index in [0.717, 1.165) is 16.9 Å². The Bertz CT molecular complexity index is 353. The van der Waals surface area contributed by atoms with Gasteiger partial charge in [0, 0.05) is 24.2 Å². The molecule has 1 aliphatic heterocycles. The maximum absolute atomic E-state index is 5.75. The molecule has 0 fully saturated rings. The molecule has 0 bridgehead atoms. The van der Waals surface area contributed by atoms with Gasteiger partial charge in [0.05, 0.1) is 11.4 Å². The van der Waals surface area contributed by atoms with Crippen LogP contribution in [0.1, 0.15) is 5.56 Å². The maximum Gasteiger partial charge on any atom is 0.0703 e. The van der Waals surface area contributed by atoms with Crippen LogP contribution in [0, 0.1) is 0 Å². The molecule has 60 valence electrons. The van der Waals surface area contributed by atoms with Crippen molar-refractivity contribution in [2.24, 2.45) is 4.99 Å². The first-order valence-corrected chi connectivity index (χ1v) is 3.71. The Balaban J connectivity index is 2.59. The molecule has 1 aromatic carbocycles. The van der Waals surface area contributed by atoms with Crippen LogP contribution in [0.5, 0.6) is 0 Å². The van der Waals surface area contributed by atoms with Gasteiger partial charge in [-0.15, -0.1) is 0 Å². The Morgan fingerprint density at radius 1 is 1.33 bits per heavy atom. The molecular weight excluding hydrogens is 150 g/mol. The number of aliphatic imine (C=N–C) groups is 1. The largest absolute Gasteiger partial charge is 0.397 e. The van der Waals surface area contributed by atoms with Crippen LogP contribution in [0.2, 0.25) is 0 Å². The van der Waals surface area contributed by atoms with E-state index < -0.39 is 0 Å². The van der Waals surface area contributed by atoms with Crippen molar-refractivity contribution >= 4 is 17.6 Å². The van der Waals surface area contributed by atoms with Crippen LogP contribution in [0.3, 0.4) is 0 Å². The molecule has 0 saturated heterocycles. The second kappa shape index (κ2) is 2.70. The first kappa shape index (κ1) is 6.91. The summed E-state index contributed by atoms with van der Waals surface area (Å²) in [6, 6.07) is 5.74. The zero-order chi connectivity index (χ0) is 8.39. The van der Waals surface area contributed by atoms with Gasteiger partial charge in [-0.1, -0.05) is 12.1 Å². The zero-order valence-electron chi connectivity index (χ0n) is 6.49. The number of fused-ring (bicyclic) bond motifs is 1. The van der Waals surface area contributed by atoms with E-state index in [1.165, 1.54) is 0 Å². The summed E-state index contributed by atoms with van der Waals surface area (Å²) in [5.74, 6) is 0. The molecule has 2 rings (SSSR count). The highest BCUT2D eigenvalue weighted by Gasteiger charge is 2.02. The molecule has 3 N–H and O–H groups in total. The van der Waals surface area contributed by atoms with E-state index in [4.69, 9.17) is 5.73 Å². The number of anilines is 2. The highest BCUT2D eigenvalue weighted by atomic mass is 14.9. The number of nitrogen functional groups attached to an aromatic ring is 1. The lowest BCUT2D eigenvalue weighted by Crippen LogP contribution is -1.97. The van der Waals surface area contributed by atoms with E-state index in [1.807, 2.05) is 18.2 Å². The Labute approximate surface area is 70.6 Å². The molecule has 3 nitrogen and oxygen atoms in total. The second-order valence-corrected chi connectivity index (χ2v) is 2.55. The third-order valence-electron chi connectivity index (χ3n) is 1.73. The second-order valence-electron chi connectivity index (χ2n) is 2.55. The van der Waals surface area contributed by atoms with E-state index in [9.17, 15) is 0 Å². The van der Waals surface area contributed by atoms with Gasteiger partial charge in [-0.2, -0.15) is 0 Å². The molecule has 0 aliphatic carbocycles. The summed E-state index contributed by atoms with van der Waals surface area (Å²) in [5, 5.41) is 3.06. The summed E-state index contributed by atoms with van der Waals surface area (Å²) in [6.07, 6.45) is 5.24. The van der Waals surface area contributed by atoms with E-state index in [2.05, 4.69) is 10.3 Å². The van der Waals surface area contributed by atoms with Gasteiger partial charge >= 0.3 is 0 Å². The predicted molar refractivity (Wildman–Crippen MR) is 51.2 cm³/mol. The average Bonchev–Trinajstić information content (AvgIpc) is 2.30. The van der Waals surface area contributed by atoms with E-state index >= 15 is 0 Å². The van der Waals surface area contributed by atoms with Crippen LogP contribution in [-0.4, -0.2) is 6.21 Å². The van der Waals surface area contributed by atoms with E-state index in [1.54, 1.807) is 18.6 Å². The number of benzene rings is 1. The molecule has 3 heteroatoms. The minimum Gasteiger partial charge on any atom is -0.397 e. The molecule has 1 aliphatic rings. The van der Waals surface area contributed by atoms with Crippen LogP contribution in [0.25, 0.3) is 0 Å². The number of hydrogen-bond donors (Lipinski definition) is 2. The van der Waals surface area contributed by atoms with Crippen molar-refractivity contribution in [3.05, 3.63) is 36.2 Å². The lowest BCUT2D eigenvalue weighted by Gasteiger charge is -2.06. The summed E-state index contributed by atoms with van der Waals surface area (Å²) in [6.45, 7) is 0. The summed E-state index contributed by atoms with van der Waals surface area (Å²) >= 11 is 0. The Kier molecular flexibility index (Phi) is 1.55. The zero-order valence-corrected chi connectivity index (χ0v) is 6.49. The van der Waals surface area contributed by atoms with Gasteiger partial charge in [-0.25, -0.2) is 0 Å². The van der Waals surface area contributed by atoms with E-state index in [0.29, 0.717) is 0 Å². The highest BCUT2D eigenvalue weighted by molar-refractivity contribution is 5.93. The summed E-state index contributed by atoms with van der Waals surface area (Å²) in [7, 11) is 0. The minimum atomic E-state index is 0.741. The van der Waals surface area contributed by atoms with Crippen molar-refractivity contribution in [1.29, 1.82) is 0 Å². The average molecular weight is 159 g/mol. The van der Waals surface area contributed by atoms with Crippen molar-refractivity contribution < 1.29 is 0 Å². The quantitative estimate of drug-likeness (QED) is 0.565. The Morgan fingerprint density at radius 3 is 3.17 bits per heavy atom. The van der Waals surface area contributed by atoms with Gasteiger partial charge in [0.2, 0.25) is 0 Å². The van der Waals surface area contributed by atoms with Crippen LogP contribution in [-0.2, 0) is 0 Å². The minimum absolute atomic E-state index is 0.741. The molecule has 1 aromatic rings. The topological polar surface area (TPSA) is 50.4 Å². The normalized spacial score (nSPS) is 13.3. The molecule has 0 aromatic heterocycles. The molecular formula is C9H9N3. The van der Waals surface area contributed by atoms with Crippen LogP contribution < -0.4 is 11.1 Å². The number of rotatable bonds is 0. The molecule has 12 heavy (non-hydrogen) atoms. The van der Waals surface area contributed by atoms with Gasteiger partial charge < -0.3 is 11.1 Å². The molecule has 1 heterocycles. The number of para-hydroxylation sites is 1. The molecule has 0 radical (unpaired) electrons. The Morgan fingerprint density at radius 2 is 2.25 bits per heavy atom. The van der Waals surface area contributed by atoms with Crippen molar-refractivity contribution in [3.63, 3.8) is 0 Å². The van der Waals surface area contributed by atoms with E-state index in [-0.39, 0.29) is 0 Å². The van der Waals surface area contributed by atoms with Crippen molar-refractivity contribution in [2.45, 2.75) is 0 Å². The number of nitrogens with one attached hydrogen (secondary N) is 1. The molecule has 0 saturated carbocycles. The van der Waals surface area contributed by atoms with Crippen molar-refractivity contribution in [2.75, 3.05) is 11.1 Å². The SMILES string of the molecule is Nc1cccc2c1NC=CN=C2. The molecule has 0 atom stereocenters. The smallest absolute Gasteiger partial charge is 0.0703 e.